The number of esters is 1. The number of hydrogen-bond acceptors (Lipinski definition) is 8. The van der Waals surface area contributed by atoms with Gasteiger partial charge in [-0.1, -0.05) is 44.1 Å². The van der Waals surface area contributed by atoms with Crippen molar-refractivity contribution in [2.24, 2.45) is 0 Å². The van der Waals surface area contributed by atoms with E-state index in [2.05, 4.69) is 25.7 Å². The lowest BCUT2D eigenvalue weighted by atomic mass is 9.96. The van der Waals surface area contributed by atoms with Crippen LogP contribution in [0.4, 0.5) is 0 Å². The van der Waals surface area contributed by atoms with Crippen molar-refractivity contribution in [2.45, 2.75) is 52.1 Å². The Morgan fingerprint density at radius 2 is 2.00 bits per heavy atom. The Morgan fingerprint density at radius 1 is 1.22 bits per heavy atom. The molecule has 0 aliphatic heterocycles. The number of para-hydroxylation sites is 1. The summed E-state index contributed by atoms with van der Waals surface area (Å²) in [6.45, 7) is 6.06. The van der Waals surface area contributed by atoms with Crippen LogP contribution >= 0.6 is 0 Å². The van der Waals surface area contributed by atoms with Crippen LogP contribution in [0, 0.1) is 0 Å². The van der Waals surface area contributed by atoms with Crippen molar-refractivity contribution in [1.82, 2.24) is 30.3 Å². The molecule has 3 aromatic rings. The van der Waals surface area contributed by atoms with Crippen LogP contribution in [0.2, 0.25) is 0 Å². The molecule has 27 heavy (non-hydrogen) atoms. The molecule has 0 spiro atoms. The second-order valence-electron chi connectivity index (χ2n) is 7.12. The number of rotatable bonds is 7. The summed E-state index contributed by atoms with van der Waals surface area (Å²) in [5.74, 6) is 1.32. The molecule has 1 aromatic carbocycles. The summed E-state index contributed by atoms with van der Waals surface area (Å²) in [5.41, 5.74) is 0.642. The number of aryl methyl sites for hydroxylation is 1. The third kappa shape index (κ3) is 4.96. The van der Waals surface area contributed by atoms with Crippen molar-refractivity contribution < 1.29 is 14.1 Å². The van der Waals surface area contributed by atoms with Gasteiger partial charge in [-0.2, -0.15) is 9.67 Å². The summed E-state index contributed by atoms with van der Waals surface area (Å²) in [7, 11) is 0. The zero-order valence-corrected chi connectivity index (χ0v) is 15.6. The van der Waals surface area contributed by atoms with Gasteiger partial charge in [-0.15, -0.1) is 5.10 Å². The summed E-state index contributed by atoms with van der Waals surface area (Å²) in [4.78, 5) is 16.3. The molecule has 0 N–H and O–H groups in total. The van der Waals surface area contributed by atoms with Gasteiger partial charge in [0, 0.05) is 18.3 Å². The molecule has 0 aliphatic rings. The minimum atomic E-state index is -0.326. The van der Waals surface area contributed by atoms with Crippen LogP contribution in [0.3, 0.4) is 0 Å². The molecule has 2 heterocycles. The van der Waals surface area contributed by atoms with E-state index < -0.39 is 0 Å². The maximum absolute atomic E-state index is 12.0. The van der Waals surface area contributed by atoms with E-state index in [0.717, 1.165) is 5.69 Å². The fourth-order valence-corrected chi connectivity index (χ4v) is 2.33. The van der Waals surface area contributed by atoms with Crippen LogP contribution in [0.5, 0.6) is 0 Å². The van der Waals surface area contributed by atoms with Gasteiger partial charge >= 0.3 is 5.97 Å². The Hall–Kier alpha value is -3.10. The van der Waals surface area contributed by atoms with Crippen molar-refractivity contribution >= 4 is 5.97 Å². The highest BCUT2D eigenvalue weighted by Gasteiger charge is 2.21. The summed E-state index contributed by atoms with van der Waals surface area (Å²) in [6, 6.07) is 9.42. The topological polar surface area (TPSA) is 109 Å². The number of nitrogens with zero attached hydrogens (tertiary/aromatic N) is 6. The zero-order valence-electron chi connectivity index (χ0n) is 15.6. The predicted octanol–water partition coefficient (Wildman–Crippen LogP) is 2.41. The van der Waals surface area contributed by atoms with Gasteiger partial charge in [-0.25, -0.2) is 0 Å². The standard InChI is InChI=1S/C18H22N6O3/c1-18(2,3)17-19-15(27-21-17)10-7-11-16(25)26-12-14-20-22-23-24(14)13-8-5-4-6-9-13/h4-6,8-9H,7,10-12H2,1-3H3. The SMILES string of the molecule is CC(C)(C)c1noc(CCCC(=O)OCc2nnnn2-c2ccccc2)n1. The van der Waals surface area contributed by atoms with Crippen LogP contribution < -0.4 is 0 Å². The number of aromatic nitrogens is 6. The van der Waals surface area contributed by atoms with Gasteiger partial charge in [0.25, 0.3) is 0 Å². The maximum Gasteiger partial charge on any atom is 0.306 e. The van der Waals surface area contributed by atoms with Gasteiger partial charge in [-0.3, -0.25) is 4.79 Å². The molecule has 0 radical (unpaired) electrons. The highest BCUT2D eigenvalue weighted by atomic mass is 16.5. The van der Waals surface area contributed by atoms with Crippen molar-refractivity contribution in [3.8, 4) is 5.69 Å². The molecule has 0 saturated heterocycles. The largest absolute Gasteiger partial charge is 0.457 e. The van der Waals surface area contributed by atoms with Gasteiger partial charge in [0.05, 0.1) is 5.69 Å². The molecule has 0 saturated carbocycles. The first-order valence-electron chi connectivity index (χ1n) is 8.75. The molecule has 9 heteroatoms. The van der Waals surface area contributed by atoms with E-state index in [9.17, 15) is 4.79 Å². The molecule has 0 unspecified atom stereocenters. The first-order valence-corrected chi connectivity index (χ1v) is 8.75. The molecule has 3 rings (SSSR count). The number of hydrogen-bond donors (Lipinski definition) is 0. The lowest BCUT2D eigenvalue weighted by molar-refractivity contribution is -0.145. The minimum Gasteiger partial charge on any atom is -0.457 e. The van der Waals surface area contributed by atoms with E-state index >= 15 is 0 Å². The van der Waals surface area contributed by atoms with Crippen LogP contribution in [0.15, 0.2) is 34.9 Å². The maximum atomic E-state index is 12.0. The van der Waals surface area contributed by atoms with E-state index in [-0.39, 0.29) is 24.4 Å². The molecule has 0 bridgehead atoms. The quantitative estimate of drug-likeness (QED) is 0.583. The van der Waals surface area contributed by atoms with Crippen LogP contribution in [0.1, 0.15) is 51.2 Å². The average Bonchev–Trinajstić information content (AvgIpc) is 3.30. The van der Waals surface area contributed by atoms with E-state index in [0.29, 0.717) is 30.4 Å². The highest BCUT2D eigenvalue weighted by molar-refractivity contribution is 5.69. The fourth-order valence-electron chi connectivity index (χ4n) is 2.33. The van der Waals surface area contributed by atoms with E-state index in [1.54, 1.807) is 4.68 Å². The van der Waals surface area contributed by atoms with Crippen molar-refractivity contribution in [2.75, 3.05) is 0 Å². The fraction of sp³-hybridized carbons (Fsp3) is 0.444. The van der Waals surface area contributed by atoms with E-state index in [1.165, 1.54) is 0 Å². The van der Waals surface area contributed by atoms with E-state index in [1.807, 2.05) is 51.1 Å². The van der Waals surface area contributed by atoms with Gasteiger partial charge < -0.3 is 9.26 Å². The van der Waals surface area contributed by atoms with Crippen molar-refractivity contribution in [1.29, 1.82) is 0 Å². The molecule has 0 amide bonds. The highest BCUT2D eigenvalue weighted by Crippen LogP contribution is 2.19. The number of tetrazole rings is 1. The second kappa shape index (κ2) is 8.07. The number of carbonyl (C=O) groups is 1. The van der Waals surface area contributed by atoms with Crippen LogP contribution in [-0.4, -0.2) is 36.3 Å². The Labute approximate surface area is 156 Å². The Morgan fingerprint density at radius 3 is 2.70 bits per heavy atom. The molecule has 142 valence electrons. The Kier molecular flexibility index (Phi) is 5.58. The zero-order chi connectivity index (χ0) is 19.3. The Bertz CT molecular complexity index is 882. The predicted molar refractivity (Wildman–Crippen MR) is 94.9 cm³/mol. The van der Waals surface area contributed by atoms with Crippen LogP contribution in [0.25, 0.3) is 5.69 Å². The minimum absolute atomic E-state index is 0.00938. The number of ether oxygens (including phenoxy) is 1. The smallest absolute Gasteiger partial charge is 0.306 e. The summed E-state index contributed by atoms with van der Waals surface area (Å²) in [6.07, 6.45) is 1.34. The number of benzene rings is 1. The normalized spacial score (nSPS) is 11.5. The average molecular weight is 370 g/mol. The number of carbonyl (C=O) groups excluding carboxylic acids is 1. The molecule has 0 atom stereocenters. The van der Waals surface area contributed by atoms with E-state index in [4.69, 9.17) is 9.26 Å². The third-order valence-corrected chi connectivity index (χ3v) is 3.81. The summed E-state index contributed by atoms with van der Waals surface area (Å²) in [5, 5.41) is 15.4. The van der Waals surface area contributed by atoms with Gasteiger partial charge in [0.2, 0.25) is 5.89 Å². The molecular formula is C18H22N6O3. The molecular weight excluding hydrogens is 348 g/mol. The summed E-state index contributed by atoms with van der Waals surface area (Å²) >= 11 is 0. The van der Waals surface area contributed by atoms with Crippen molar-refractivity contribution in [3.63, 3.8) is 0 Å². The molecule has 9 nitrogen and oxygen atoms in total. The van der Waals surface area contributed by atoms with Crippen LogP contribution in [-0.2, 0) is 28.0 Å². The van der Waals surface area contributed by atoms with Gasteiger partial charge in [0.15, 0.2) is 18.3 Å². The summed E-state index contributed by atoms with van der Waals surface area (Å²) < 4.78 is 12.0. The lowest BCUT2D eigenvalue weighted by Gasteiger charge is -2.10. The van der Waals surface area contributed by atoms with Gasteiger partial charge in [0.1, 0.15) is 0 Å². The Balaban J connectivity index is 1.46. The van der Waals surface area contributed by atoms with Gasteiger partial charge in [-0.05, 0) is 29.0 Å². The second-order valence-corrected chi connectivity index (χ2v) is 7.12. The first-order chi connectivity index (χ1) is 12.9. The first kappa shape index (κ1) is 18.7. The monoisotopic (exact) mass is 370 g/mol. The third-order valence-electron chi connectivity index (χ3n) is 3.81. The molecule has 2 aromatic heterocycles. The molecule has 0 aliphatic carbocycles. The molecule has 0 fully saturated rings. The van der Waals surface area contributed by atoms with Crippen molar-refractivity contribution in [3.05, 3.63) is 47.9 Å². The lowest BCUT2D eigenvalue weighted by Crippen LogP contribution is -2.13.